The number of nitrogens with one attached hydrogen (secondary N) is 2. The lowest BCUT2D eigenvalue weighted by atomic mass is 9.66. The van der Waals surface area contributed by atoms with Gasteiger partial charge in [-0.25, -0.2) is 0 Å². The van der Waals surface area contributed by atoms with Crippen molar-refractivity contribution in [3.05, 3.63) is 35.9 Å². The van der Waals surface area contributed by atoms with Gasteiger partial charge in [-0.15, -0.1) is 11.8 Å². The maximum Gasteiger partial charge on any atom is 0.244 e. The Kier molecular flexibility index (Phi) is 7.06. The number of carbonyl (C=O) groups excluding carboxylic acids is 3. The van der Waals surface area contributed by atoms with Gasteiger partial charge in [0.1, 0.15) is 6.04 Å². The van der Waals surface area contributed by atoms with Crippen LogP contribution in [0.15, 0.2) is 30.3 Å². The number of benzene rings is 1. The largest absolute Gasteiger partial charge is 0.394 e. The third kappa shape index (κ3) is 4.02. The van der Waals surface area contributed by atoms with Crippen LogP contribution in [0.2, 0.25) is 0 Å². The fourth-order valence-corrected chi connectivity index (χ4v) is 9.19. The minimum atomic E-state index is -0.765. The molecule has 4 saturated heterocycles. The highest BCUT2D eigenvalue weighted by Crippen LogP contribution is 2.71. The lowest BCUT2D eigenvalue weighted by Crippen LogP contribution is -2.55. The fourth-order valence-electron chi connectivity index (χ4n) is 6.84. The van der Waals surface area contributed by atoms with Gasteiger partial charge in [-0.1, -0.05) is 30.3 Å². The highest BCUT2D eigenvalue weighted by atomic mass is 32.2. The number of morpholine rings is 1. The van der Waals surface area contributed by atoms with Gasteiger partial charge in [0.2, 0.25) is 17.7 Å². The Balaban J connectivity index is 1.48. The second-order valence-electron chi connectivity index (χ2n) is 10.4. The smallest absolute Gasteiger partial charge is 0.244 e. The highest BCUT2D eigenvalue weighted by Gasteiger charge is 2.77. The molecule has 5 rings (SSSR count). The van der Waals surface area contributed by atoms with Crippen LogP contribution in [0.1, 0.15) is 31.4 Å². The van der Waals surface area contributed by atoms with E-state index in [1.807, 2.05) is 30.3 Å². The first-order chi connectivity index (χ1) is 17.4. The second kappa shape index (κ2) is 9.96. The number of likely N-dealkylation sites (tertiary alicyclic amines) is 1. The predicted octanol–water partition coefficient (Wildman–Crippen LogP) is 0.396. The maximum atomic E-state index is 14.2. The van der Waals surface area contributed by atoms with Crippen LogP contribution < -0.4 is 10.6 Å². The molecule has 4 aliphatic heterocycles. The summed E-state index contributed by atoms with van der Waals surface area (Å²) < 4.78 is 4.31. The molecule has 1 aromatic rings. The minimum absolute atomic E-state index is 0.154. The number of carbonyl (C=O) groups is 3. The van der Waals surface area contributed by atoms with E-state index in [0.29, 0.717) is 32.7 Å². The summed E-state index contributed by atoms with van der Waals surface area (Å²) in [6.45, 7) is 5.97. The molecule has 4 heterocycles. The normalized spacial score (nSPS) is 34.5. The van der Waals surface area contributed by atoms with Crippen LogP contribution in [0.3, 0.4) is 0 Å². The van der Waals surface area contributed by atoms with Crippen LogP contribution in [0.4, 0.5) is 0 Å². The molecule has 10 heteroatoms. The molecule has 0 radical (unpaired) electrons. The zero-order valence-corrected chi connectivity index (χ0v) is 21.8. The molecular formula is C26H36N4O5S. The van der Waals surface area contributed by atoms with Gasteiger partial charge in [0.25, 0.3) is 0 Å². The Labute approximate surface area is 216 Å². The molecule has 1 aromatic carbocycles. The number of nitrogens with zero attached hydrogens (tertiary/aromatic N) is 2. The van der Waals surface area contributed by atoms with Crippen LogP contribution in [0.25, 0.3) is 0 Å². The van der Waals surface area contributed by atoms with Crippen molar-refractivity contribution in [2.75, 3.05) is 53.0 Å². The zero-order valence-electron chi connectivity index (χ0n) is 20.9. The van der Waals surface area contributed by atoms with Crippen molar-refractivity contribution in [3.63, 3.8) is 0 Å². The van der Waals surface area contributed by atoms with Crippen molar-refractivity contribution in [2.24, 2.45) is 11.8 Å². The minimum Gasteiger partial charge on any atom is -0.394 e. The van der Waals surface area contributed by atoms with E-state index in [2.05, 4.69) is 22.5 Å². The molecule has 0 saturated carbocycles. The monoisotopic (exact) mass is 516 g/mol. The summed E-state index contributed by atoms with van der Waals surface area (Å²) in [5.41, 5.74) is 0.776. The molecule has 4 fully saturated rings. The van der Waals surface area contributed by atoms with Gasteiger partial charge in [-0.05, 0) is 25.3 Å². The maximum absolute atomic E-state index is 14.2. The van der Waals surface area contributed by atoms with Crippen LogP contribution in [0, 0.1) is 11.8 Å². The van der Waals surface area contributed by atoms with Crippen molar-refractivity contribution >= 4 is 29.5 Å². The lowest BCUT2D eigenvalue weighted by molar-refractivity contribution is -0.143. The van der Waals surface area contributed by atoms with E-state index in [-0.39, 0.29) is 24.3 Å². The molecule has 2 bridgehead atoms. The molecule has 3 N–H and O–H groups in total. The van der Waals surface area contributed by atoms with Crippen LogP contribution in [-0.2, 0) is 19.1 Å². The number of hydrogen-bond donors (Lipinski definition) is 3. The predicted molar refractivity (Wildman–Crippen MR) is 136 cm³/mol. The summed E-state index contributed by atoms with van der Waals surface area (Å²) in [7, 11) is 1.60. The topological polar surface area (TPSA) is 111 Å². The summed E-state index contributed by atoms with van der Waals surface area (Å²) in [6, 6.07) is 7.93. The lowest BCUT2D eigenvalue weighted by Gasteiger charge is -2.37. The molecule has 6 atom stereocenters. The average molecular weight is 517 g/mol. The molecule has 9 nitrogen and oxygen atoms in total. The molecule has 36 heavy (non-hydrogen) atoms. The summed E-state index contributed by atoms with van der Waals surface area (Å²) in [4.78, 5) is 45.0. The number of hydrogen-bond acceptors (Lipinski definition) is 7. The number of fused-ring (bicyclic) bond motifs is 1. The van der Waals surface area contributed by atoms with E-state index >= 15 is 0 Å². The SMILES string of the molecule is CNC(=O)[C@@H]1[C@H]2C(=O)N([C@H](CO)c3ccccc3)C(C(=O)NCCN3CCOCC3)C23CC[C@@]1(C)S3. The molecule has 3 amide bonds. The summed E-state index contributed by atoms with van der Waals surface area (Å²) in [5.74, 6) is -1.69. The van der Waals surface area contributed by atoms with Gasteiger partial charge < -0.3 is 25.4 Å². The molecule has 196 valence electrons. The summed E-state index contributed by atoms with van der Waals surface area (Å²) in [5, 5.41) is 16.3. The van der Waals surface area contributed by atoms with Crippen LogP contribution in [-0.4, -0.2) is 101 Å². The van der Waals surface area contributed by atoms with Gasteiger partial charge in [0, 0.05) is 38.0 Å². The highest BCUT2D eigenvalue weighted by molar-refractivity contribution is 8.02. The Bertz CT molecular complexity index is 1010. The van der Waals surface area contributed by atoms with Crippen LogP contribution in [0.5, 0.6) is 0 Å². The quantitative estimate of drug-likeness (QED) is 0.459. The Morgan fingerprint density at radius 2 is 1.92 bits per heavy atom. The Morgan fingerprint density at radius 3 is 2.58 bits per heavy atom. The van der Waals surface area contributed by atoms with E-state index in [1.165, 1.54) is 0 Å². The van der Waals surface area contributed by atoms with Gasteiger partial charge in [0.05, 0.1) is 42.4 Å². The van der Waals surface area contributed by atoms with Crippen molar-refractivity contribution in [2.45, 2.75) is 41.3 Å². The first kappa shape index (κ1) is 25.5. The molecule has 2 unspecified atom stereocenters. The third-order valence-corrected chi connectivity index (χ3v) is 10.5. The first-order valence-corrected chi connectivity index (χ1v) is 13.7. The van der Waals surface area contributed by atoms with Gasteiger partial charge in [-0.2, -0.15) is 0 Å². The Morgan fingerprint density at radius 1 is 1.19 bits per heavy atom. The van der Waals surface area contributed by atoms with E-state index in [4.69, 9.17) is 4.74 Å². The van der Waals surface area contributed by atoms with Gasteiger partial charge in [-0.3, -0.25) is 19.3 Å². The molecule has 0 aromatic heterocycles. The fraction of sp³-hybridized carbons (Fsp3) is 0.654. The van der Waals surface area contributed by atoms with E-state index in [0.717, 1.165) is 25.1 Å². The number of rotatable bonds is 8. The number of thioether (sulfide) groups is 1. The summed E-state index contributed by atoms with van der Waals surface area (Å²) in [6.07, 6.45) is 1.45. The number of aliphatic hydroxyl groups is 1. The standard InChI is InChI=1S/C26H36N4O5S/c1-25-8-9-26(36-25)20(19(25)22(32)27-2)24(34)30(18(16-31)17-6-4-3-5-7-17)21(26)23(33)28-10-11-29-12-14-35-15-13-29/h3-7,18-21,31H,8-16H2,1-2H3,(H,27,32)(H,28,33)/t18-,19+,20+,21?,25-,26?/m1/s1. The van der Waals surface area contributed by atoms with Gasteiger partial charge in [0.15, 0.2) is 0 Å². The number of amides is 3. The van der Waals surface area contributed by atoms with Crippen molar-refractivity contribution in [1.82, 2.24) is 20.4 Å². The molecule has 0 aliphatic carbocycles. The third-order valence-electron chi connectivity index (χ3n) is 8.52. The van der Waals surface area contributed by atoms with Crippen molar-refractivity contribution in [1.29, 1.82) is 0 Å². The molecule has 4 aliphatic rings. The van der Waals surface area contributed by atoms with Crippen molar-refractivity contribution < 1.29 is 24.2 Å². The van der Waals surface area contributed by atoms with Crippen LogP contribution >= 0.6 is 11.8 Å². The Hall–Kier alpha value is -2.14. The van der Waals surface area contributed by atoms with E-state index in [9.17, 15) is 19.5 Å². The second-order valence-corrected chi connectivity index (χ2v) is 12.3. The number of aliphatic hydroxyl groups excluding tert-OH is 1. The van der Waals surface area contributed by atoms with Gasteiger partial charge >= 0.3 is 0 Å². The zero-order chi connectivity index (χ0) is 25.5. The average Bonchev–Trinajstić information content (AvgIpc) is 3.46. The summed E-state index contributed by atoms with van der Waals surface area (Å²) >= 11 is 1.64. The van der Waals surface area contributed by atoms with E-state index in [1.54, 1.807) is 23.7 Å². The molecule has 1 spiro atoms. The first-order valence-electron chi connectivity index (χ1n) is 12.8. The molecular weight excluding hydrogens is 480 g/mol. The number of ether oxygens (including phenoxy) is 1. The van der Waals surface area contributed by atoms with Crippen molar-refractivity contribution in [3.8, 4) is 0 Å². The van der Waals surface area contributed by atoms with E-state index < -0.39 is 33.4 Å².